The van der Waals surface area contributed by atoms with Crippen LogP contribution in [0.2, 0.25) is 10.0 Å². The van der Waals surface area contributed by atoms with Crippen LogP contribution in [0.4, 0.5) is 0 Å². The van der Waals surface area contributed by atoms with E-state index in [4.69, 9.17) is 23.2 Å². The predicted molar refractivity (Wildman–Crippen MR) is 78.2 cm³/mol. The van der Waals surface area contributed by atoms with E-state index in [9.17, 15) is 8.42 Å². The lowest BCUT2D eigenvalue weighted by atomic mass is 10.2. The second kappa shape index (κ2) is 5.97. The normalized spacial score (nSPS) is 18.7. The molecule has 0 saturated carbocycles. The highest BCUT2D eigenvalue weighted by Gasteiger charge is 2.23. The molecule has 1 aliphatic heterocycles. The van der Waals surface area contributed by atoms with E-state index in [2.05, 4.69) is 4.90 Å². The van der Waals surface area contributed by atoms with Crippen LogP contribution in [0.5, 0.6) is 0 Å². The van der Waals surface area contributed by atoms with Gasteiger partial charge in [-0.05, 0) is 17.7 Å². The number of benzene rings is 1. The minimum absolute atomic E-state index is 0.542. The molecule has 1 aliphatic rings. The molecule has 1 aromatic carbocycles. The van der Waals surface area contributed by atoms with Crippen molar-refractivity contribution in [3.63, 3.8) is 0 Å². The van der Waals surface area contributed by atoms with Crippen molar-refractivity contribution in [1.82, 2.24) is 9.21 Å². The summed E-state index contributed by atoms with van der Waals surface area (Å²) in [6.07, 6.45) is 1.25. The number of sulfonamides is 1. The maximum Gasteiger partial charge on any atom is 0.211 e. The van der Waals surface area contributed by atoms with Crippen LogP contribution in [0.1, 0.15) is 5.56 Å². The molecule has 19 heavy (non-hydrogen) atoms. The van der Waals surface area contributed by atoms with E-state index in [1.54, 1.807) is 6.07 Å². The second-order valence-corrected chi connectivity index (χ2v) is 7.48. The Balaban J connectivity index is 1.94. The molecule has 0 unspecified atom stereocenters. The zero-order chi connectivity index (χ0) is 14.0. The molecule has 0 aromatic heterocycles. The van der Waals surface area contributed by atoms with Crippen LogP contribution in [0.3, 0.4) is 0 Å². The lowest BCUT2D eigenvalue weighted by Gasteiger charge is -2.33. The van der Waals surface area contributed by atoms with Crippen LogP contribution in [-0.2, 0) is 16.6 Å². The van der Waals surface area contributed by atoms with E-state index >= 15 is 0 Å². The molecule has 4 nitrogen and oxygen atoms in total. The van der Waals surface area contributed by atoms with Gasteiger partial charge in [0.15, 0.2) is 0 Å². The van der Waals surface area contributed by atoms with Crippen molar-refractivity contribution in [3.8, 4) is 0 Å². The van der Waals surface area contributed by atoms with Crippen molar-refractivity contribution in [2.75, 3.05) is 32.4 Å². The summed E-state index contributed by atoms with van der Waals surface area (Å²) in [6, 6.07) is 5.58. The largest absolute Gasteiger partial charge is 0.296 e. The number of rotatable bonds is 3. The maximum absolute atomic E-state index is 11.4. The zero-order valence-corrected chi connectivity index (χ0v) is 13.0. The first-order valence-corrected chi connectivity index (χ1v) is 8.58. The van der Waals surface area contributed by atoms with E-state index in [-0.39, 0.29) is 0 Å². The van der Waals surface area contributed by atoms with Crippen LogP contribution < -0.4 is 0 Å². The molecule has 0 spiro atoms. The highest BCUT2D eigenvalue weighted by atomic mass is 35.5. The molecule has 1 fully saturated rings. The van der Waals surface area contributed by atoms with Gasteiger partial charge in [0.1, 0.15) is 0 Å². The number of hydrogen-bond acceptors (Lipinski definition) is 3. The van der Waals surface area contributed by atoms with E-state index in [0.29, 0.717) is 23.1 Å². The summed E-state index contributed by atoms with van der Waals surface area (Å²) >= 11 is 11.9. The molecule has 2 rings (SSSR count). The summed E-state index contributed by atoms with van der Waals surface area (Å²) < 4.78 is 24.3. The highest BCUT2D eigenvalue weighted by Crippen LogP contribution is 2.23. The van der Waals surface area contributed by atoms with E-state index in [1.165, 1.54) is 10.6 Å². The standard InChI is InChI=1S/C12H16Cl2N2O2S/c1-19(17,18)16-6-4-15(5-7-16)9-10-2-3-11(13)12(14)8-10/h2-3,8H,4-7,9H2,1H3. The second-order valence-electron chi connectivity index (χ2n) is 4.69. The molecule has 1 heterocycles. The van der Waals surface area contributed by atoms with Crippen molar-refractivity contribution in [1.29, 1.82) is 0 Å². The van der Waals surface area contributed by atoms with Gasteiger partial charge in [0, 0.05) is 32.7 Å². The minimum atomic E-state index is -3.07. The molecule has 1 saturated heterocycles. The third-order valence-corrected chi connectivity index (χ3v) is 5.23. The SMILES string of the molecule is CS(=O)(=O)N1CCN(Cc2ccc(Cl)c(Cl)c2)CC1. The Bertz CT molecular complexity index is 555. The van der Waals surface area contributed by atoms with Gasteiger partial charge in [0.2, 0.25) is 10.0 Å². The fraction of sp³-hybridized carbons (Fsp3) is 0.500. The van der Waals surface area contributed by atoms with E-state index in [0.717, 1.165) is 25.2 Å². The molecule has 0 aliphatic carbocycles. The zero-order valence-electron chi connectivity index (χ0n) is 10.6. The van der Waals surface area contributed by atoms with Gasteiger partial charge in [-0.25, -0.2) is 8.42 Å². The Morgan fingerprint density at radius 3 is 2.26 bits per heavy atom. The molecule has 1 aromatic rings. The summed E-state index contributed by atoms with van der Waals surface area (Å²) in [5.41, 5.74) is 1.09. The topological polar surface area (TPSA) is 40.6 Å². The molecule has 0 amide bonds. The Labute approximate surface area is 124 Å². The summed E-state index contributed by atoms with van der Waals surface area (Å²) in [5.74, 6) is 0. The first-order chi connectivity index (χ1) is 8.86. The van der Waals surface area contributed by atoms with Gasteiger partial charge in [-0.1, -0.05) is 29.3 Å². The molecular weight excluding hydrogens is 307 g/mol. The fourth-order valence-electron chi connectivity index (χ4n) is 2.12. The summed E-state index contributed by atoms with van der Waals surface area (Å²) in [4.78, 5) is 2.21. The summed E-state index contributed by atoms with van der Waals surface area (Å²) in [5, 5.41) is 1.10. The minimum Gasteiger partial charge on any atom is -0.296 e. The van der Waals surface area contributed by atoms with Crippen LogP contribution in [0.25, 0.3) is 0 Å². The molecular formula is C12H16Cl2N2O2S. The van der Waals surface area contributed by atoms with E-state index < -0.39 is 10.0 Å². The number of hydrogen-bond donors (Lipinski definition) is 0. The molecule has 0 bridgehead atoms. The first-order valence-electron chi connectivity index (χ1n) is 5.97. The third-order valence-electron chi connectivity index (χ3n) is 3.19. The van der Waals surface area contributed by atoms with Crippen molar-refractivity contribution >= 4 is 33.2 Å². The van der Waals surface area contributed by atoms with Gasteiger partial charge >= 0.3 is 0 Å². The number of nitrogens with zero attached hydrogens (tertiary/aromatic N) is 2. The highest BCUT2D eigenvalue weighted by molar-refractivity contribution is 7.88. The number of piperazine rings is 1. The molecule has 0 N–H and O–H groups in total. The van der Waals surface area contributed by atoms with Crippen LogP contribution in [-0.4, -0.2) is 50.1 Å². The quantitative estimate of drug-likeness (QED) is 0.855. The van der Waals surface area contributed by atoms with Gasteiger partial charge in [0.25, 0.3) is 0 Å². The van der Waals surface area contributed by atoms with Crippen LogP contribution >= 0.6 is 23.2 Å². The Hall–Kier alpha value is -0.330. The van der Waals surface area contributed by atoms with Crippen molar-refractivity contribution in [2.45, 2.75) is 6.54 Å². The Kier molecular flexibility index (Phi) is 4.74. The lowest BCUT2D eigenvalue weighted by Crippen LogP contribution is -2.47. The van der Waals surface area contributed by atoms with E-state index in [1.807, 2.05) is 12.1 Å². The van der Waals surface area contributed by atoms with Gasteiger partial charge in [-0.3, -0.25) is 4.90 Å². The third kappa shape index (κ3) is 4.07. The Morgan fingerprint density at radius 1 is 1.11 bits per heavy atom. The average Bonchev–Trinajstić information content (AvgIpc) is 2.33. The first kappa shape index (κ1) is 15.1. The molecule has 0 radical (unpaired) electrons. The number of halogens is 2. The summed E-state index contributed by atoms with van der Waals surface area (Å²) in [7, 11) is -3.07. The molecule has 7 heteroatoms. The van der Waals surface area contributed by atoms with Crippen LogP contribution in [0.15, 0.2) is 18.2 Å². The van der Waals surface area contributed by atoms with Crippen molar-refractivity contribution in [3.05, 3.63) is 33.8 Å². The molecule has 106 valence electrons. The van der Waals surface area contributed by atoms with Gasteiger partial charge in [-0.15, -0.1) is 0 Å². The predicted octanol–water partition coefficient (Wildman–Crippen LogP) is 2.07. The Morgan fingerprint density at radius 2 is 1.74 bits per heavy atom. The molecule has 0 atom stereocenters. The van der Waals surface area contributed by atoms with Crippen LogP contribution in [0, 0.1) is 0 Å². The lowest BCUT2D eigenvalue weighted by molar-refractivity contribution is 0.182. The monoisotopic (exact) mass is 322 g/mol. The fourth-order valence-corrected chi connectivity index (χ4v) is 3.26. The van der Waals surface area contributed by atoms with Gasteiger partial charge in [0.05, 0.1) is 16.3 Å². The average molecular weight is 323 g/mol. The summed E-state index contributed by atoms with van der Waals surface area (Å²) in [6.45, 7) is 3.30. The van der Waals surface area contributed by atoms with Crippen molar-refractivity contribution in [2.24, 2.45) is 0 Å². The van der Waals surface area contributed by atoms with Crippen molar-refractivity contribution < 1.29 is 8.42 Å². The maximum atomic E-state index is 11.4. The van der Waals surface area contributed by atoms with Gasteiger partial charge < -0.3 is 0 Å². The van der Waals surface area contributed by atoms with Gasteiger partial charge in [-0.2, -0.15) is 4.31 Å². The smallest absolute Gasteiger partial charge is 0.211 e.